The summed E-state index contributed by atoms with van der Waals surface area (Å²) in [5.41, 5.74) is 3.06. The van der Waals surface area contributed by atoms with Crippen molar-refractivity contribution < 1.29 is 9.53 Å². The van der Waals surface area contributed by atoms with Gasteiger partial charge in [-0.25, -0.2) is 9.97 Å². The topological polar surface area (TPSA) is 92.8 Å². The number of carbonyl (C=O) groups excluding carboxylic acids is 1. The van der Waals surface area contributed by atoms with Gasteiger partial charge >= 0.3 is 0 Å². The number of hydrogen-bond acceptors (Lipinski definition) is 7. The monoisotopic (exact) mass is 407 g/mol. The lowest BCUT2D eigenvalue weighted by Gasteiger charge is -2.18. The number of thiophene rings is 1. The van der Waals surface area contributed by atoms with E-state index in [4.69, 9.17) is 4.74 Å². The number of H-pyrrole nitrogens is 1. The molecule has 3 aromatic heterocycles. The van der Waals surface area contributed by atoms with Gasteiger partial charge in [-0.15, -0.1) is 11.3 Å². The van der Waals surface area contributed by atoms with Gasteiger partial charge in [-0.05, 0) is 37.3 Å². The number of aldehydes is 1. The molecular formula is C21H21N5O2S. The first kappa shape index (κ1) is 18.1. The number of benzene rings is 1. The number of fused-ring (bicyclic) bond motifs is 4. The fraction of sp³-hybridized carbons (Fsp3) is 0.333. The zero-order valence-electron chi connectivity index (χ0n) is 16.1. The van der Waals surface area contributed by atoms with Crippen molar-refractivity contribution in [1.29, 1.82) is 0 Å². The molecule has 0 aliphatic heterocycles. The molecule has 29 heavy (non-hydrogen) atoms. The highest BCUT2D eigenvalue weighted by molar-refractivity contribution is 7.19. The fourth-order valence-electron chi connectivity index (χ4n) is 3.87. The summed E-state index contributed by atoms with van der Waals surface area (Å²) in [4.78, 5) is 22.5. The molecule has 0 spiro atoms. The normalized spacial score (nSPS) is 16.1. The van der Waals surface area contributed by atoms with Crippen molar-refractivity contribution in [2.24, 2.45) is 5.92 Å². The van der Waals surface area contributed by atoms with Crippen LogP contribution in [0.3, 0.4) is 0 Å². The number of nitrogens with zero attached hydrogens (tertiary/aromatic N) is 3. The Hall–Kier alpha value is -3.00. The van der Waals surface area contributed by atoms with Gasteiger partial charge in [0.2, 0.25) is 0 Å². The minimum atomic E-state index is 0.109. The Balaban J connectivity index is 1.58. The predicted octanol–water partition coefficient (Wildman–Crippen LogP) is 4.40. The van der Waals surface area contributed by atoms with E-state index in [-0.39, 0.29) is 5.92 Å². The van der Waals surface area contributed by atoms with Crippen LogP contribution in [-0.2, 0) is 17.6 Å². The van der Waals surface area contributed by atoms with E-state index in [0.29, 0.717) is 6.61 Å². The standard InChI is InChI=1S/C21H21N5O2S/c1-2-5-28-17-8-15-13(9-24-26-15)7-16(17)25-20-19-14-4-3-12(10-27)6-18(14)29-21(19)23-11-22-20/h7-12H,2-6H2,1H3,(H,24,26)(H,22,23,25)/t12-/m0/s1. The lowest BCUT2D eigenvalue weighted by atomic mass is 9.89. The number of aromatic amines is 1. The summed E-state index contributed by atoms with van der Waals surface area (Å²) in [6.07, 6.45) is 7.94. The van der Waals surface area contributed by atoms with Crippen molar-refractivity contribution in [3.05, 3.63) is 35.1 Å². The molecule has 7 nitrogen and oxygen atoms in total. The molecule has 0 radical (unpaired) electrons. The summed E-state index contributed by atoms with van der Waals surface area (Å²) < 4.78 is 5.98. The second-order valence-electron chi connectivity index (χ2n) is 7.32. The Morgan fingerprint density at radius 1 is 1.38 bits per heavy atom. The summed E-state index contributed by atoms with van der Waals surface area (Å²) in [5, 5.41) is 12.7. The van der Waals surface area contributed by atoms with Crippen molar-refractivity contribution in [3.63, 3.8) is 0 Å². The highest BCUT2D eigenvalue weighted by Crippen LogP contribution is 2.41. The third kappa shape index (κ3) is 3.23. The quantitative estimate of drug-likeness (QED) is 0.460. The lowest BCUT2D eigenvalue weighted by molar-refractivity contribution is -0.111. The van der Waals surface area contributed by atoms with Crippen molar-refractivity contribution >= 4 is 50.2 Å². The van der Waals surface area contributed by atoms with Crippen LogP contribution < -0.4 is 10.1 Å². The molecule has 1 aliphatic rings. The fourth-order valence-corrected chi connectivity index (χ4v) is 5.15. The van der Waals surface area contributed by atoms with Crippen LogP contribution >= 0.6 is 11.3 Å². The predicted molar refractivity (Wildman–Crippen MR) is 114 cm³/mol. The summed E-state index contributed by atoms with van der Waals surface area (Å²) >= 11 is 1.67. The molecule has 4 aromatic rings. The van der Waals surface area contributed by atoms with Crippen LogP contribution in [0.15, 0.2) is 24.7 Å². The molecule has 3 heterocycles. The Morgan fingerprint density at radius 2 is 2.31 bits per heavy atom. The molecule has 0 fully saturated rings. The van der Waals surface area contributed by atoms with Gasteiger partial charge in [-0.2, -0.15) is 5.10 Å². The number of aryl methyl sites for hydroxylation is 1. The van der Waals surface area contributed by atoms with Crippen molar-refractivity contribution in [3.8, 4) is 5.75 Å². The number of nitrogens with one attached hydrogen (secondary N) is 2. The van der Waals surface area contributed by atoms with Gasteiger partial charge in [0.1, 0.15) is 29.0 Å². The molecule has 0 unspecified atom stereocenters. The smallest absolute Gasteiger partial charge is 0.144 e. The molecule has 2 N–H and O–H groups in total. The average Bonchev–Trinajstić information content (AvgIpc) is 3.35. The summed E-state index contributed by atoms with van der Waals surface area (Å²) in [5.74, 6) is 1.65. The number of rotatable bonds is 6. The van der Waals surface area contributed by atoms with E-state index >= 15 is 0 Å². The molecule has 8 heteroatoms. The molecule has 0 bridgehead atoms. The molecule has 0 amide bonds. The Kier molecular flexibility index (Phi) is 4.63. The molecule has 0 saturated heterocycles. The van der Waals surface area contributed by atoms with Gasteiger partial charge in [0.15, 0.2) is 0 Å². The maximum atomic E-state index is 11.2. The molecule has 0 saturated carbocycles. The SMILES string of the molecule is CCCOc1cc2[nH]ncc2cc1Nc1ncnc2sc3c(c12)CC[C@H](C=O)C3. The van der Waals surface area contributed by atoms with Crippen LogP contribution in [0, 0.1) is 5.92 Å². The number of carbonyl (C=O) groups is 1. The lowest BCUT2D eigenvalue weighted by Crippen LogP contribution is -2.13. The molecule has 1 aliphatic carbocycles. The van der Waals surface area contributed by atoms with Crippen LogP contribution in [-0.4, -0.2) is 33.1 Å². The third-order valence-corrected chi connectivity index (χ3v) is 6.49. The number of aromatic nitrogens is 4. The number of anilines is 2. The minimum Gasteiger partial charge on any atom is -0.491 e. The average molecular weight is 407 g/mol. The van der Waals surface area contributed by atoms with E-state index in [9.17, 15) is 4.79 Å². The Morgan fingerprint density at radius 3 is 3.17 bits per heavy atom. The molecule has 148 valence electrons. The minimum absolute atomic E-state index is 0.109. The second kappa shape index (κ2) is 7.44. The highest BCUT2D eigenvalue weighted by atomic mass is 32.1. The summed E-state index contributed by atoms with van der Waals surface area (Å²) in [6, 6.07) is 4.00. The third-order valence-electron chi connectivity index (χ3n) is 5.33. The van der Waals surface area contributed by atoms with E-state index < -0.39 is 0 Å². The van der Waals surface area contributed by atoms with E-state index in [2.05, 4.69) is 32.4 Å². The van der Waals surface area contributed by atoms with Gasteiger partial charge < -0.3 is 14.8 Å². The van der Waals surface area contributed by atoms with Gasteiger partial charge in [0.25, 0.3) is 0 Å². The first-order valence-corrected chi connectivity index (χ1v) is 10.7. The van der Waals surface area contributed by atoms with Crippen molar-refractivity contribution in [1.82, 2.24) is 20.2 Å². The van der Waals surface area contributed by atoms with E-state index in [1.54, 1.807) is 23.9 Å². The van der Waals surface area contributed by atoms with Crippen LogP contribution in [0.25, 0.3) is 21.1 Å². The zero-order chi connectivity index (χ0) is 19.8. The Labute approximate surface area is 171 Å². The number of hydrogen-bond donors (Lipinski definition) is 2. The molecule has 1 atom stereocenters. The molecular weight excluding hydrogens is 386 g/mol. The van der Waals surface area contributed by atoms with Gasteiger partial charge in [0, 0.05) is 22.2 Å². The first-order valence-electron chi connectivity index (χ1n) is 9.84. The van der Waals surface area contributed by atoms with E-state index in [0.717, 1.165) is 70.3 Å². The first-order chi connectivity index (χ1) is 14.3. The molecule has 5 rings (SSSR count). The van der Waals surface area contributed by atoms with Gasteiger partial charge in [-0.3, -0.25) is 5.10 Å². The summed E-state index contributed by atoms with van der Waals surface area (Å²) in [7, 11) is 0. The van der Waals surface area contributed by atoms with Crippen LogP contribution in [0.2, 0.25) is 0 Å². The van der Waals surface area contributed by atoms with Gasteiger partial charge in [0.05, 0.1) is 29.4 Å². The Bertz CT molecular complexity index is 1200. The van der Waals surface area contributed by atoms with Crippen LogP contribution in [0.5, 0.6) is 5.75 Å². The van der Waals surface area contributed by atoms with Gasteiger partial charge in [-0.1, -0.05) is 6.92 Å². The maximum absolute atomic E-state index is 11.2. The van der Waals surface area contributed by atoms with Crippen molar-refractivity contribution in [2.45, 2.75) is 32.6 Å². The van der Waals surface area contributed by atoms with E-state index in [1.807, 2.05) is 12.1 Å². The van der Waals surface area contributed by atoms with Crippen molar-refractivity contribution in [2.75, 3.05) is 11.9 Å². The maximum Gasteiger partial charge on any atom is 0.144 e. The van der Waals surface area contributed by atoms with Crippen LogP contribution in [0.1, 0.15) is 30.2 Å². The largest absolute Gasteiger partial charge is 0.491 e. The summed E-state index contributed by atoms with van der Waals surface area (Å²) in [6.45, 7) is 2.72. The highest BCUT2D eigenvalue weighted by Gasteiger charge is 2.25. The second-order valence-corrected chi connectivity index (χ2v) is 8.41. The number of ether oxygens (including phenoxy) is 1. The van der Waals surface area contributed by atoms with Crippen LogP contribution in [0.4, 0.5) is 11.5 Å². The molecule has 1 aromatic carbocycles. The van der Waals surface area contributed by atoms with E-state index in [1.165, 1.54) is 10.4 Å². The zero-order valence-corrected chi connectivity index (χ0v) is 16.9.